The van der Waals surface area contributed by atoms with E-state index in [9.17, 15) is 18.0 Å². The molecule has 19 heavy (non-hydrogen) atoms. The number of carbonyl (C=O) groups excluding carboxylic acids is 1. The van der Waals surface area contributed by atoms with Crippen LogP contribution in [0.4, 0.5) is 18.9 Å². The van der Waals surface area contributed by atoms with E-state index in [1.807, 2.05) is 18.7 Å². The lowest BCUT2D eigenvalue weighted by Crippen LogP contribution is -2.38. The number of hydrogen-bond donors (Lipinski definition) is 0. The summed E-state index contributed by atoms with van der Waals surface area (Å²) in [6, 6.07) is 3.87. The molecule has 0 radical (unpaired) electrons. The van der Waals surface area contributed by atoms with Crippen molar-refractivity contribution in [2.45, 2.75) is 44.9 Å². The first-order chi connectivity index (χ1) is 8.84. The highest BCUT2D eigenvalue weighted by molar-refractivity contribution is 5.64. The summed E-state index contributed by atoms with van der Waals surface area (Å²) in [5.74, 6) is 0. The van der Waals surface area contributed by atoms with Crippen molar-refractivity contribution in [1.29, 1.82) is 0 Å². The van der Waals surface area contributed by atoms with Crippen molar-refractivity contribution in [1.82, 2.24) is 0 Å². The Balaban J connectivity index is 2.42. The molecule has 0 fully saturated rings. The van der Waals surface area contributed by atoms with E-state index < -0.39 is 11.7 Å². The maximum atomic E-state index is 12.8. The Morgan fingerprint density at radius 3 is 2.63 bits per heavy atom. The van der Waals surface area contributed by atoms with Crippen molar-refractivity contribution < 1.29 is 18.0 Å². The van der Waals surface area contributed by atoms with Gasteiger partial charge in [0.25, 0.3) is 0 Å². The minimum Gasteiger partial charge on any atom is -0.365 e. The summed E-state index contributed by atoms with van der Waals surface area (Å²) >= 11 is 0. The van der Waals surface area contributed by atoms with Gasteiger partial charge in [0.05, 0.1) is 5.56 Å². The summed E-state index contributed by atoms with van der Waals surface area (Å²) in [6.07, 6.45) is -2.53. The fourth-order valence-electron chi connectivity index (χ4n) is 2.71. The van der Waals surface area contributed by atoms with Gasteiger partial charge < -0.3 is 9.69 Å². The van der Waals surface area contributed by atoms with Gasteiger partial charge in [-0.15, -0.1) is 0 Å². The average Bonchev–Trinajstić information content (AvgIpc) is 2.65. The third-order valence-corrected chi connectivity index (χ3v) is 3.46. The number of benzene rings is 1. The highest BCUT2D eigenvalue weighted by Crippen LogP contribution is 2.39. The van der Waals surface area contributed by atoms with E-state index in [-0.39, 0.29) is 12.1 Å². The molecule has 0 N–H and O–H groups in total. The molecule has 1 atom stereocenters. The van der Waals surface area contributed by atoms with Gasteiger partial charge in [0.1, 0.15) is 6.29 Å². The molecule has 1 aliphatic heterocycles. The van der Waals surface area contributed by atoms with Gasteiger partial charge >= 0.3 is 6.18 Å². The van der Waals surface area contributed by atoms with Gasteiger partial charge in [-0.2, -0.15) is 13.2 Å². The number of nitrogens with zero attached hydrogens (tertiary/aromatic N) is 1. The second-order valence-electron chi connectivity index (χ2n) is 5.10. The Labute approximate surface area is 110 Å². The lowest BCUT2D eigenvalue weighted by Gasteiger charge is -2.30. The van der Waals surface area contributed by atoms with Crippen molar-refractivity contribution in [3.63, 3.8) is 0 Å². The second-order valence-corrected chi connectivity index (χ2v) is 5.10. The molecule has 0 aromatic heterocycles. The van der Waals surface area contributed by atoms with Gasteiger partial charge in [-0.1, -0.05) is 6.07 Å². The minimum absolute atomic E-state index is 0.0315. The molecule has 0 spiro atoms. The Morgan fingerprint density at radius 1 is 1.42 bits per heavy atom. The van der Waals surface area contributed by atoms with E-state index in [2.05, 4.69) is 0 Å². The highest BCUT2D eigenvalue weighted by atomic mass is 19.4. The van der Waals surface area contributed by atoms with Gasteiger partial charge in [-0.05, 0) is 38.0 Å². The molecule has 2 nitrogen and oxygen atoms in total. The molecule has 1 aromatic carbocycles. The predicted molar refractivity (Wildman–Crippen MR) is 67.2 cm³/mol. The Kier molecular flexibility index (Phi) is 3.56. The van der Waals surface area contributed by atoms with E-state index in [4.69, 9.17) is 0 Å². The first-order valence-electron chi connectivity index (χ1n) is 6.26. The molecule has 1 heterocycles. The number of anilines is 1. The van der Waals surface area contributed by atoms with E-state index in [1.165, 1.54) is 12.1 Å². The summed E-state index contributed by atoms with van der Waals surface area (Å²) in [4.78, 5) is 12.6. The van der Waals surface area contributed by atoms with Crippen LogP contribution in [0.2, 0.25) is 0 Å². The number of fused-ring (bicyclic) bond motifs is 1. The van der Waals surface area contributed by atoms with Crippen LogP contribution < -0.4 is 4.90 Å². The van der Waals surface area contributed by atoms with E-state index >= 15 is 0 Å². The zero-order valence-electron chi connectivity index (χ0n) is 10.9. The average molecular weight is 271 g/mol. The van der Waals surface area contributed by atoms with Gasteiger partial charge in [-0.25, -0.2) is 0 Å². The molecule has 104 valence electrons. The van der Waals surface area contributed by atoms with Crippen LogP contribution in [0.15, 0.2) is 18.2 Å². The zero-order chi connectivity index (χ0) is 14.2. The molecule has 0 bridgehead atoms. The quantitative estimate of drug-likeness (QED) is 0.785. The van der Waals surface area contributed by atoms with Crippen molar-refractivity contribution in [3.8, 4) is 0 Å². The first-order valence-corrected chi connectivity index (χ1v) is 6.26. The fraction of sp³-hybridized carbons (Fsp3) is 0.500. The molecule has 1 aliphatic rings. The zero-order valence-corrected chi connectivity index (χ0v) is 10.9. The lowest BCUT2D eigenvalue weighted by atomic mass is 10.1. The lowest BCUT2D eigenvalue weighted by molar-refractivity contribution is -0.137. The van der Waals surface area contributed by atoms with Gasteiger partial charge in [-0.3, -0.25) is 0 Å². The maximum Gasteiger partial charge on any atom is 0.416 e. The van der Waals surface area contributed by atoms with Gasteiger partial charge in [0.2, 0.25) is 0 Å². The van der Waals surface area contributed by atoms with Crippen LogP contribution in [-0.2, 0) is 17.4 Å². The number of aldehydes is 1. The Hall–Kier alpha value is -1.52. The van der Waals surface area contributed by atoms with E-state index in [0.717, 1.165) is 17.9 Å². The smallest absolute Gasteiger partial charge is 0.365 e. The predicted octanol–water partition coefficient (Wildman–Crippen LogP) is 3.43. The molecular formula is C14H16F3NO. The topological polar surface area (TPSA) is 20.3 Å². The molecule has 1 unspecified atom stereocenters. The summed E-state index contributed by atoms with van der Waals surface area (Å²) in [6.45, 7) is 3.85. The standard InChI is InChI=1S/C14H16F3NO/c1-9(2)18-12(5-6-19)7-10-3-4-11(8-13(10)18)14(15,16)17/h3-4,6,8-9,12H,5,7H2,1-2H3. The first kappa shape index (κ1) is 13.9. The van der Waals surface area contributed by atoms with E-state index in [0.29, 0.717) is 18.5 Å². The molecule has 1 aromatic rings. The van der Waals surface area contributed by atoms with Crippen molar-refractivity contribution >= 4 is 12.0 Å². The van der Waals surface area contributed by atoms with Crippen molar-refractivity contribution in [2.24, 2.45) is 0 Å². The summed E-state index contributed by atoms with van der Waals surface area (Å²) in [5.41, 5.74) is 0.855. The number of rotatable bonds is 3. The molecule has 2 rings (SSSR count). The molecule has 0 saturated heterocycles. The van der Waals surface area contributed by atoms with Crippen molar-refractivity contribution in [2.75, 3.05) is 4.90 Å². The number of carbonyl (C=O) groups is 1. The van der Waals surface area contributed by atoms with Crippen molar-refractivity contribution in [3.05, 3.63) is 29.3 Å². The molecule has 0 saturated carbocycles. The summed E-state index contributed by atoms with van der Waals surface area (Å²) in [7, 11) is 0. The number of hydrogen-bond acceptors (Lipinski definition) is 2. The molecule has 5 heteroatoms. The van der Waals surface area contributed by atoms with Crippen LogP contribution >= 0.6 is 0 Å². The monoisotopic (exact) mass is 271 g/mol. The SMILES string of the molecule is CC(C)N1c2cc(C(F)(F)F)ccc2CC1CC=O. The summed E-state index contributed by atoms with van der Waals surface area (Å²) in [5, 5.41) is 0. The Morgan fingerprint density at radius 2 is 2.11 bits per heavy atom. The normalized spacial score (nSPS) is 18.8. The molecular weight excluding hydrogens is 255 g/mol. The van der Waals surface area contributed by atoms with Gasteiger partial charge in [0.15, 0.2) is 0 Å². The van der Waals surface area contributed by atoms with Crippen LogP contribution in [0.5, 0.6) is 0 Å². The number of halogens is 3. The third kappa shape index (κ3) is 2.60. The maximum absolute atomic E-state index is 12.8. The minimum atomic E-state index is -4.33. The van der Waals surface area contributed by atoms with Crippen LogP contribution in [0.3, 0.4) is 0 Å². The van der Waals surface area contributed by atoms with Crippen LogP contribution in [0, 0.1) is 0 Å². The van der Waals surface area contributed by atoms with Crippen LogP contribution in [0.25, 0.3) is 0 Å². The second kappa shape index (κ2) is 4.87. The molecule has 0 amide bonds. The molecule has 0 aliphatic carbocycles. The van der Waals surface area contributed by atoms with Gasteiger partial charge in [0, 0.05) is 24.2 Å². The Bertz CT molecular complexity index is 482. The third-order valence-electron chi connectivity index (χ3n) is 3.46. The largest absolute Gasteiger partial charge is 0.416 e. The summed E-state index contributed by atoms with van der Waals surface area (Å²) < 4.78 is 38.3. The fourth-order valence-corrected chi connectivity index (χ4v) is 2.71. The highest BCUT2D eigenvalue weighted by Gasteiger charge is 2.35. The van der Waals surface area contributed by atoms with E-state index in [1.54, 1.807) is 0 Å². The van der Waals surface area contributed by atoms with Crippen LogP contribution in [-0.4, -0.2) is 18.4 Å². The van der Waals surface area contributed by atoms with Crippen LogP contribution in [0.1, 0.15) is 31.4 Å². The number of alkyl halides is 3.